The van der Waals surface area contributed by atoms with Gasteiger partial charge in [-0.2, -0.15) is 5.26 Å². The third kappa shape index (κ3) is 3.20. The molecule has 1 aliphatic heterocycles. The van der Waals surface area contributed by atoms with Crippen molar-refractivity contribution in [3.05, 3.63) is 29.3 Å². The lowest BCUT2D eigenvalue weighted by Gasteiger charge is -2.24. The van der Waals surface area contributed by atoms with E-state index in [1.165, 1.54) is 0 Å². The molecule has 1 aromatic rings. The van der Waals surface area contributed by atoms with Gasteiger partial charge in [0.25, 0.3) is 0 Å². The Balaban J connectivity index is 2.22. The Labute approximate surface area is 110 Å². The van der Waals surface area contributed by atoms with Gasteiger partial charge in [-0.15, -0.1) is 0 Å². The number of hydrogen-bond acceptors (Lipinski definition) is 4. The van der Waals surface area contributed by atoms with E-state index >= 15 is 0 Å². The van der Waals surface area contributed by atoms with Crippen molar-refractivity contribution in [2.75, 3.05) is 16.8 Å². The summed E-state index contributed by atoms with van der Waals surface area (Å²) in [5.74, 6) is -1.80. The van der Waals surface area contributed by atoms with Crippen LogP contribution in [0.1, 0.15) is 18.4 Å². The number of benzene rings is 1. The Morgan fingerprint density at radius 1 is 1.32 bits per heavy atom. The minimum Gasteiger partial charge on any atom is -0.377 e. The first kappa shape index (κ1) is 13.7. The summed E-state index contributed by atoms with van der Waals surface area (Å²) in [6, 6.07) is 2.98. The lowest BCUT2D eigenvalue weighted by Crippen LogP contribution is -2.35. The fourth-order valence-electron chi connectivity index (χ4n) is 2.12. The molecular weight excluding hydrogens is 274 g/mol. The summed E-state index contributed by atoms with van der Waals surface area (Å²) in [4.78, 5) is 0. The predicted molar refractivity (Wildman–Crippen MR) is 66.4 cm³/mol. The molecule has 4 nitrogen and oxygen atoms in total. The van der Waals surface area contributed by atoms with Crippen LogP contribution in [0.4, 0.5) is 14.5 Å². The van der Waals surface area contributed by atoms with E-state index in [1.54, 1.807) is 6.07 Å². The van der Waals surface area contributed by atoms with Crippen LogP contribution >= 0.6 is 0 Å². The van der Waals surface area contributed by atoms with Crippen molar-refractivity contribution >= 4 is 15.5 Å². The first-order valence-corrected chi connectivity index (χ1v) is 7.59. The van der Waals surface area contributed by atoms with Gasteiger partial charge in [0, 0.05) is 6.04 Å². The van der Waals surface area contributed by atoms with Gasteiger partial charge in [0.1, 0.15) is 5.69 Å². The maximum atomic E-state index is 13.6. The maximum absolute atomic E-state index is 13.6. The second kappa shape index (κ2) is 5.13. The van der Waals surface area contributed by atoms with Gasteiger partial charge in [0.15, 0.2) is 21.5 Å². The van der Waals surface area contributed by atoms with Gasteiger partial charge in [-0.25, -0.2) is 17.2 Å². The molecule has 102 valence electrons. The number of nitrogens with zero attached hydrogens (tertiary/aromatic N) is 1. The topological polar surface area (TPSA) is 70.0 Å². The number of anilines is 1. The van der Waals surface area contributed by atoms with Gasteiger partial charge in [0.2, 0.25) is 0 Å². The molecule has 0 saturated carbocycles. The highest BCUT2D eigenvalue weighted by atomic mass is 32.2. The zero-order valence-electron chi connectivity index (χ0n) is 9.99. The molecule has 1 aliphatic rings. The van der Waals surface area contributed by atoms with E-state index < -0.39 is 27.5 Å². The van der Waals surface area contributed by atoms with E-state index in [0.29, 0.717) is 12.8 Å². The first-order valence-electron chi connectivity index (χ1n) is 5.77. The van der Waals surface area contributed by atoms with Gasteiger partial charge in [-0.1, -0.05) is 0 Å². The van der Waals surface area contributed by atoms with Crippen molar-refractivity contribution < 1.29 is 17.2 Å². The Morgan fingerprint density at radius 2 is 1.95 bits per heavy atom. The van der Waals surface area contributed by atoms with Crippen molar-refractivity contribution in [3.63, 3.8) is 0 Å². The fraction of sp³-hybridized carbons (Fsp3) is 0.417. The molecule has 1 heterocycles. The van der Waals surface area contributed by atoms with Crippen molar-refractivity contribution in [1.29, 1.82) is 5.26 Å². The van der Waals surface area contributed by atoms with Crippen LogP contribution < -0.4 is 5.32 Å². The summed E-state index contributed by atoms with van der Waals surface area (Å²) >= 11 is 0. The van der Waals surface area contributed by atoms with Crippen LogP contribution in [0, 0.1) is 23.0 Å². The Hall–Kier alpha value is -1.68. The first-order chi connectivity index (χ1) is 8.91. The molecule has 0 aliphatic carbocycles. The maximum Gasteiger partial charge on any atom is 0.152 e. The van der Waals surface area contributed by atoms with E-state index in [0.717, 1.165) is 12.1 Å². The lowest BCUT2D eigenvalue weighted by atomic mass is 10.1. The normalized spacial score (nSPS) is 21.6. The van der Waals surface area contributed by atoms with Crippen LogP contribution in [-0.4, -0.2) is 26.0 Å². The van der Waals surface area contributed by atoms with E-state index in [4.69, 9.17) is 5.26 Å². The van der Waals surface area contributed by atoms with Crippen LogP contribution in [-0.2, 0) is 9.84 Å². The van der Waals surface area contributed by atoms with E-state index in [2.05, 4.69) is 5.32 Å². The standard InChI is InChI=1S/C12H12F2N2O2S/c13-10-4-8(6-15)5-11(14)12(10)16-9-2-1-3-19(17,18)7-9/h4-5,9,16H,1-3,7H2. The van der Waals surface area contributed by atoms with Gasteiger partial charge >= 0.3 is 0 Å². The molecule has 19 heavy (non-hydrogen) atoms. The molecule has 1 aromatic carbocycles. The van der Waals surface area contributed by atoms with Crippen molar-refractivity contribution in [2.24, 2.45) is 0 Å². The summed E-state index contributed by atoms with van der Waals surface area (Å²) < 4.78 is 50.2. The zero-order chi connectivity index (χ0) is 14.0. The van der Waals surface area contributed by atoms with Crippen molar-refractivity contribution in [2.45, 2.75) is 18.9 Å². The molecule has 0 aromatic heterocycles. The largest absolute Gasteiger partial charge is 0.377 e. The highest BCUT2D eigenvalue weighted by Gasteiger charge is 2.26. The van der Waals surface area contributed by atoms with Crippen LogP contribution in [0.25, 0.3) is 0 Å². The summed E-state index contributed by atoms with van der Waals surface area (Å²) in [7, 11) is -3.15. The molecule has 1 atom stereocenters. The quantitative estimate of drug-likeness (QED) is 0.900. The van der Waals surface area contributed by atoms with Gasteiger partial charge in [-0.05, 0) is 25.0 Å². The number of halogens is 2. The van der Waals surface area contributed by atoms with Crippen molar-refractivity contribution in [1.82, 2.24) is 0 Å². The lowest BCUT2D eigenvalue weighted by molar-refractivity contribution is 0.551. The Kier molecular flexibility index (Phi) is 3.71. The molecule has 2 rings (SSSR count). The molecule has 0 spiro atoms. The van der Waals surface area contributed by atoms with E-state index in [-0.39, 0.29) is 22.8 Å². The van der Waals surface area contributed by atoms with Crippen LogP contribution in [0.15, 0.2) is 12.1 Å². The summed E-state index contributed by atoms with van der Waals surface area (Å²) in [6.45, 7) is 0. The number of rotatable bonds is 2. The van der Waals surface area contributed by atoms with Crippen molar-refractivity contribution in [3.8, 4) is 6.07 Å². The van der Waals surface area contributed by atoms with Gasteiger partial charge in [-0.3, -0.25) is 0 Å². The van der Waals surface area contributed by atoms with Crippen LogP contribution in [0.5, 0.6) is 0 Å². The average molecular weight is 286 g/mol. The minimum atomic E-state index is -3.15. The van der Waals surface area contributed by atoms with Crippen LogP contribution in [0.2, 0.25) is 0 Å². The summed E-state index contributed by atoms with van der Waals surface area (Å²) in [6.07, 6.45) is 1.01. The number of sulfone groups is 1. The monoisotopic (exact) mass is 286 g/mol. The zero-order valence-corrected chi connectivity index (χ0v) is 10.8. The molecule has 1 saturated heterocycles. The smallest absolute Gasteiger partial charge is 0.152 e. The Morgan fingerprint density at radius 3 is 2.47 bits per heavy atom. The van der Waals surface area contributed by atoms with Gasteiger partial charge in [0.05, 0.1) is 23.1 Å². The number of hydrogen-bond donors (Lipinski definition) is 1. The highest BCUT2D eigenvalue weighted by Crippen LogP contribution is 2.24. The number of nitriles is 1. The molecule has 1 N–H and O–H groups in total. The van der Waals surface area contributed by atoms with Gasteiger partial charge < -0.3 is 5.32 Å². The molecule has 0 bridgehead atoms. The molecule has 1 unspecified atom stereocenters. The fourth-order valence-corrected chi connectivity index (χ4v) is 3.75. The molecule has 0 radical (unpaired) electrons. The van der Waals surface area contributed by atoms with E-state index in [9.17, 15) is 17.2 Å². The minimum absolute atomic E-state index is 0.114. The third-order valence-corrected chi connectivity index (χ3v) is 4.80. The third-order valence-electron chi connectivity index (χ3n) is 2.98. The molecule has 1 fully saturated rings. The average Bonchev–Trinajstić information content (AvgIpc) is 2.32. The summed E-state index contributed by atoms with van der Waals surface area (Å²) in [5, 5.41) is 11.2. The molecular formula is C12H12F2N2O2S. The van der Waals surface area contributed by atoms with Crippen LogP contribution in [0.3, 0.4) is 0 Å². The molecule has 7 heteroatoms. The SMILES string of the molecule is N#Cc1cc(F)c(NC2CCCS(=O)(=O)C2)c(F)c1. The highest BCUT2D eigenvalue weighted by molar-refractivity contribution is 7.91. The second-order valence-electron chi connectivity index (χ2n) is 4.52. The Bertz CT molecular complexity index is 615. The summed E-state index contributed by atoms with van der Waals surface area (Å²) in [5.41, 5.74) is -0.488. The number of nitrogens with one attached hydrogen (secondary N) is 1. The van der Waals surface area contributed by atoms with E-state index in [1.807, 2.05) is 0 Å². The molecule has 0 amide bonds. The predicted octanol–water partition coefficient (Wildman–Crippen LogP) is 1.83. The second-order valence-corrected chi connectivity index (χ2v) is 6.75.